The summed E-state index contributed by atoms with van der Waals surface area (Å²) < 4.78 is 1.16. The van der Waals surface area contributed by atoms with E-state index in [0.29, 0.717) is 5.56 Å². The van der Waals surface area contributed by atoms with Gasteiger partial charge in [0.25, 0.3) is 0 Å². The molecule has 0 amide bonds. The molecule has 1 saturated heterocycles. The van der Waals surface area contributed by atoms with Gasteiger partial charge in [0.05, 0.1) is 50.5 Å². The highest BCUT2D eigenvalue weighted by Crippen LogP contribution is 2.25. The lowest BCUT2D eigenvalue weighted by molar-refractivity contribution is -0.925. The van der Waals surface area contributed by atoms with Gasteiger partial charge in [-0.1, -0.05) is 11.8 Å². The molecule has 6 heteroatoms. The van der Waals surface area contributed by atoms with Gasteiger partial charge in [-0.2, -0.15) is 0 Å². The third-order valence-corrected chi connectivity index (χ3v) is 5.27. The SMILES string of the molecule is CC[N+]1(CC)CCN(c2nc(SC)nc(C)c2C=O)CC1. The number of hydrogen-bond donors (Lipinski definition) is 0. The topological polar surface area (TPSA) is 46.1 Å². The van der Waals surface area contributed by atoms with Crippen LogP contribution >= 0.6 is 11.8 Å². The maximum absolute atomic E-state index is 11.4. The van der Waals surface area contributed by atoms with Crippen LogP contribution in [-0.4, -0.2) is 66.3 Å². The Morgan fingerprint density at radius 1 is 1.24 bits per heavy atom. The smallest absolute Gasteiger partial charge is 0.189 e. The van der Waals surface area contributed by atoms with Crippen molar-refractivity contribution in [2.75, 3.05) is 50.4 Å². The van der Waals surface area contributed by atoms with E-state index >= 15 is 0 Å². The molecule has 1 aromatic heterocycles. The molecule has 0 saturated carbocycles. The molecule has 0 aromatic carbocycles. The summed E-state index contributed by atoms with van der Waals surface area (Å²) in [7, 11) is 0. The van der Waals surface area contributed by atoms with Crippen LogP contribution in [0, 0.1) is 6.92 Å². The largest absolute Gasteiger partial charge is 0.345 e. The second-order valence-electron chi connectivity index (χ2n) is 5.56. The van der Waals surface area contributed by atoms with Crippen LogP contribution in [0.5, 0.6) is 0 Å². The van der Waals surface area contributed by atoms with Crippen LogP contribution in [0.3, 0.4) is 0 Å². The first-order valence-electron chi connectivity index (χ1n) is 7.57. The molecule has 0 aliphatic carbocycles. The lowest BCUT2D eigenvalue weighted by Gasteiger charge is -2.44. The van der Waals surface area contributed by atoms with Gasteiger partial charge >= 0.3 is 0 Å². The highest BCUT2D eigenvalue weighted by atomic mass is 32.2. The number of carbonyl (C=O) groups is 1. The van der Waals surface area contributed by atoms with Crippen LogP contribution in [0.1, 0.15) is 29.9 Å². The molecule has 1 aliphatic heterocycles. The van der Waals surface area contributed by atoms with Crippen molar-refractivity contribution in [3.05, 3.63) is 11.3 Å². The van der Waals surface area contributed by atoms with E-state index in [4.69, 9.17) is 0 Å². The minimum Gasteiger partial charge on any atom is -0.345 e. The molecule has 2 rings (SSSR count). The van der Waals surface area contributed by atoms with Crippen molar-refractivity contribution in [2.45, 2.75) is 25.9 Å². The van der Waals surface area contributed by atoms with Gasteiger partial charge in [-0.25, -0.2) is 9.97 Å². The summed E-state index contributed by atoms with van der Waals surface area (Å²) in [6.07, 6.45) is 2.86. The van der Waals surface area contributed by atoms with Crippen LogP contribution in [0.25, 0.3) is 0 Å². The fraction of sp³-hybridized carbons (Fsp3) is 0.667. The number of piperazine rings is 1. The number of nitrogens with zero attached hydrogens (tertiary/aromatic N) is 4. The Labute approximate surface area is 131 Å². The maximum atomic E-state index is 11.4. The van der Waals surface area contributed by atoms with Crippen molar-refractivity contribution < 1.29 is 9.28 Å². The summed E-state index contributed by atoms with van der Waals surface area (Å²) in [6, 6.07) is 0. The van der Waals surface area contributed by atoms with E-state index < -0.39 is 0 Å². The lowest BCUT2D eigenvalue weighted by atomic mass is 10.2. The Kier molecular flexibility index (Phi) is 5.22. The monoisotopic (exact) mass is 309 g/mol. The summed E-state index contributed by atoms with van der Waals surface area (Å²) in [4.78, 5) is 22.6. The number of likely N-dealkylation sites (N-methyl/N-ethyl adjacent to an activating group) is 1. The van der Waals surface area contributed by atoms with E-state index in [1.54, 1.807) is 0 Å². The van der Waals surface area contributed by atoms with E-state index in [-0.39, 0.29) is 0 Å². The second kappa shape index (κ2) is 6.75. The van der Waals surface area contributed by atoms with E-state index in [1.807, 2.05) is 13.2 Å². The summed E-state index contributed by atoms with van der Waals surface area (Å²) >= 11 is 1.52. The molecular weight excluding hydrogens is 284 g/mol. The van der Waals surface area contributed by atoms with Crippen molar-refractivity contribution in [1.29, 1.82) is 0 Å². The maximum Gasteiger partial charge on any atom is 0.189 e. The highest BCUT2D eigenvalue weighted by molar-refractivity contribution is 7.98. The van der Waals surface area contributed by atoms with Gasteiger partial charge in [-0.15, -0.1) is 0 Å². The van der Waals surface area contributed by atoms with Gasteiger partial charge in [0.2, 0.25) is 0 Å². The van der Waals surface area contributed by atoms with Crippen LogP contribution in [0.2, 0.25) is 0 Å². The summed E-state index contributed by atoms with van der Waals surface area (Å²) in [5.74, 6) is 0.812. The third kappa shape index (κ3) is 3.21. The number of aromatic nitrogens is 2. The fourth-order valence-electron chi connectivity index (χ4n) is 2.97. The van der Waals surface area contributed by atoms with Crippen molar-refractivity contribution in [3.63, 3.8) is 0 Å². The van der Waals surface area contributed by atoms with Crippen LogP contribution in [-0.2, 0) is 0 Å². The number of quaternary nitrogens is 1. The van der Waals surface area contributed by atoms with E-state index in [0.717, 1.165) is 53.6 Å². The van der Waals surface area contributed by atoms with Gasteiger partial charge in [0.15, 0.2) is 11.4 Å². The van der Waals surface area contributed by atoms with Gasteiger partial charge < -0.3 is 9.38 Å². The van der Waals surface area contributed by atoms with Crippen molar-refractivity contribution in [1.82, 2.24) is 9.97 Å². The molecule has 116 valence electrons. The number of aldehydes is 1. The summed E-state index contributed by atoms with van der Waals surface area (Å²) in [6.45, 7) is 12.9. The number of aryl methyl sites for hydroxylation is 1. The zero-order valence-electron chi connectivity index (χ0n) is 13.4. The Hall–Kier alpha value is -1.14. The van der Waals surface area contributed by atoms with Crippen molar-refractivity contribution in [2.24, 2.45) is 0 Å². The molecule has 21 heavy (non-hydrogen) atoms. The molecule has 0 unspecified atom stereocenters. The predicted octanol–water partition coefficient (Wildman–Crippen LogP) is 2.00. The number of anilines is 1. The number of rotatable bonds is 5. The third-order valence-electron chi connectivity index (χ3n) is 4.73. The molecule has 1 aromatic rings. The molecule has 5 nitrogen and oxygen atoms in total. The predicted molar refractivity (Wildman–Crippen MR) is 87.2 cm³/mol. The highest BCUT2D eigenvalue weighted by Gasteiger charge is 2.31. The standard InChI is InChI=1S/C15H25N4OS/c1-5-19(6-2)9-7-18(8-10-19)14-13(11-20)12(3)16-15(17-14)21-4/h11H,5-10H2,1-4H3/q+1. The zero-order chi connectivity index (χ0) is 15.5. The first kappa shape index (κ1) is 16.2. The van der Waals surface area contributed by atoms with Crippen molar-refractivity contribution >= 4 is 23.9 Å². The lowest BCUT2D eigenvalue weighted by Crippen LogP contribution is -2.59. The number of hydrogen-bond acceptors (Lipinski definition) is 5. The van der Waals surface area contributed by atoms with Gasteiger partial charge in [-0.05, 0) is 27.0 Å². The fourth-order valence-corrected chi connectivity index (χ4v) is 3.37. The average Bonchev–Trinajstić information content (AvgIpc) is 2.54. The Balaban J connectivity index is 2.27. The molecule has 1 aliphatic rings. The van der Waals surface area contributed by atoms with E-state index in [9.17, 15) is 4.79 Å². The Morgan fingerprint density at radius 3 is 2.33 bits per heavy atom. The van der Waals surface area contributed by atoms with Gasteiger partial charge in [0, 0.05) is 0 Å². The number of thioether (sulfide) groups is 1. The zero-order valence-corrected chi connectivity index (χ0v) is 14.2. The summed E-state index contributed by atoms with van der Waals surface area (Å²) in [5, 5.41) is 0.741. The molecular formula is C15H25N4OS+. The van der Waals surface area contributed by atoms with Crippen LogP contribution in [0.4, 0.5) is 5.82 Å². The second-order valence-corrected chi connectivity index (χ2v) is 6.33. The Morgan fingerprint density at radius 2 is 1.86 bits per heavy atom. The first-order chi connectivity index (χ1) is 10.1. The molecule has 0 bridgehead atoms. The molecule has 0 spiro atoms. The molecule has 1 fully saturated rings. The van der Waals surface area contributed by atoms with Crippen LogP contribution < -0.4 is 4.90 Å². The number of carbonyl (C=O) groups excluding carboxylic acids is 1. The first-order valence-corrected chi connectivity index (χ1v) is 8.79. The molecule has 2 heterocycles. The molecule has 0 atom stereocenters. The molecule has 0 N–H and O–H groups in total. The van der Waals surface area contributed by atoms with E-state index in [1.165, 1.54) is 24.9 Å². The normalized spacial score (nSPS) is 17.8. The van der Waals surface area contributed by atoms with Crippen molar-refractivity contribution in [3.8, 4) is 0 Å². The average molecular weight is 309 g/mol. The molecule has 0 radical (unpaired) electrons. The van der Waals surface area contributed by atoms with Gasteiger partial charge in [-0.3, -0.25) is 4.79 Å². The minimum absolute atomic E-state index is 0.640. The minimum atomic E-state index is 0.640. The van der Waals surface area contributed by atoms with E-state index in [2.05, 4.69) is 28.7 Å². The van der Waals surface area contributed by atoms with Crippen LogP contribution in [0.15, 0.2) is 5.16 Å². The Bertz CT molecular complexity index is 507. The summed E-state index contributed by atoms with van der Waals surface area (Å²) in [5.41, 5.74) is 1.41. The quantitative estimate of drug-likeness (QED) is 0.360. The van der Waals surface area contributed by atoms with Gasteiger partial charge in [0.1, 0.15) is 5.82 Å².